The molecule has 0 saturated carbocycles. The number of nitrogens with zero attached hydrogens (tertiary/aromatic N) is 4. The molecule has 1 saturated heterocycles. The van der Waals surface area contributed by atoms with E-state index in [-0.39, 0.29) is 11.5 Å². The normalized spacial score (nSPS) is 15.0. The number of methoxy groups -OCH3 is 1. The van der Waals surface area contributed by atoms with E-state index >= 15 is 0 Å². The van der Waals surface area contributed by atoms with Gasteiger partial charge in [-0.2, -0.15) is 0 Å². The summed E-state index contributed by atoms with van der Waals surface area (Å²) in [6, 6.07) is 7.17. The number of piperidine rings is 1. The number of nitrogens with one attached hydrogen (secondary N) is 1. The van der Waals surface area contributed by atoms with Gasteiger partial charge in [-0.15, -0.1) is 0 Å². The van der Waals surface area contributed by atoms with E-state index in [9.17, 15) is 10.1 Å². The largest absolute Gasteiger partial charge is 0.497 e. The first-order valence-corrected chi connectivity index (χ1v) is 8.24. The summed E-state index contributed by atoms with van der Waals surface area (Å²) in [4.78, 5) is 21.5. The molecule has 0 amide bonds. The van der Waals surface area contributed by atoms with E-state index in [1.807, 2.05) is 4.90 Å². The molecule has 1 aromatic carbocycles. The van der Waals surface area contributed by atoms with Gasteiger partial charge < -0.3 is 15.0 Å². The molecule has 1 aliphatic heterocycles. The minimum atomic E-state index is -0.421. The molecule has 1 aliphatic rings. The fraction of sp³-hybridized carbons (Fsp3) is 0.412. The van der Waals surface area contributed by atoms with Gasteiger partial charge in [-0.3, -0.25) is 10.1 Å². The van der Waals surface area contributed by atoms with Gasteiger partial charge in [0.05, 0.1) is 12.0 Å². The third-order valence-electron chi connectivity index (χ3n) is 4.40. The van der Waals surface area contributed by atoms with Crippen LogP contribution in [0.1, 0.15) is 19.8 Å². The SMILES string of the molecule is COc1cccc(Nc2ncnc(N3CCC(C)CC3)c2[N+](=O)[O-])c1. The Balaban J connectivity index is 1.93. The number of hydrogen-bond donors (Lipinski definition) is 1. The van der Waals surface area contributed by atoms with Crippen molar-refractivity contribution in [1.82, 2.24) is 9.97 Å². The highest BCUT2D eigenvalue weighted by atomic mass is 16.6. The third-order valence-corrected chi connectivity index (χ3v) is 4.40. The highest BCUT2D eigenvalue weighted by Crippen LogP contribution is 2.35. The molecule has 3 rings (SSSR count). The van der Waals surface area contributed by atoms with Crippen molar-refractivity contribution in [2.75, 3.05) is 30.4 Å². The number of rotatable bonds is 5. The van der Waals surface area contributed by atoms with Crippen molar-refractivity contribution in [3.05, 3.63) is 40.7 Å². The minimum absolute atomic E-state index is 0.0973. The number of hydrogen-bond acceptors (Lipinski definition) is 7. The summed E-state index contributed by atoms with van der Waals surface area (Å²) in [5.41, 5.74) is 0.569. The number of ether oxygens (including phenoxy) is 1. The van der Waals surface area contributed by atoms with Gasteiger partial charge in [0.1, 0.15) is 12.1 Å². The molecule has 0 atom stereocenters. The van der Waals surface area contributed by atoms with Crippen molar-refractivity contribution in [3.8, 4) is 5.75 Å². The van der Waals surface area contributed by atoms with E-state index in [4.69, 9.17) is 4.74 Å². The van der Waals surface area contributed by atoms with Crippen LogP contribution < -0.4 is 15.0 Å². The fourth-order valence-electron chi connectivity index (χ4n) is 2.92. The van der Waals surface area contributed by atoms with Crippen molar-refractivity contribution >= 4 is 23.0 Å². The molecule has 8 nitrogen and oxygen atoms in total. The lowest BCUT2D eigenvalue weighted by atomic mass is 9.99. The van der Waals surface area contributed by atoms with Gasteiger partial charge in [-0.1, -0.05) is 13.0 Å². The average molecular weight is 343 g/mol. The standard InChI is InChI=1S/C17H21N5O3/c1-12-6-8-21(9-7-12)17-15(22(23)24)16(18-11-19-17)20-13-4-3-5-14(10-13)25-2/h3-5,10-12H,6-9H2,1-2H3,(H,18,19,20). The van der Waals surface area contributed by atoms with Crippen LogP contribution in [0.5, 0.6) is 5.75 Å². The van der Waals surface area contributed by atoms with E-state index < -0.39 is 4.92 Å². The molecule has 2 aromatic rings. The summed E-state index contributed by atoms with van der Waals surface area (Å²) in [7, 11) is 1.57. The first-order valence-electron chi connectivity index (χ1n) is 8.24. The van der Waals surface area contributed by atoms with E-state index in [1.54, 1.807) is 31.4 Å². The summed E-state index contributed by atoms with van der Waals surface area (Å²) in [5.74, 6) is 1.85. The van der Waals surface area contributed by atoms with Crippen LogP contribution in [-0.4, -0.2) is 35.1 Å². The summed E-state index contributed by atoms with van der Waals surface area (Å²) in [6.45, 7) is 3.72. The molecule has 2 heterocycles. The van der Waals surface area contributed by atoms with E-state index in [2.05, 4.69) is 22.2 Å². The Morgan fingerprint density at radius 3 is 2.76 bits per heavy atom. The Morgan fingerprint density at radius 2 is 2.08 bits per heavy atom. The van der Waals surface area contributed by atoms with Gasteiger partial charge in [0.25, 0.3) is 0 Å². The molecule has 0 spiro atoms. The molecule has 1 fully saturated rings. The Bertz CT molecular complexity index is 760. The van der Waals surface area contributed by atoms with Gasteiger partial charge in [0.2, 0.25) is 11.6 Å². The van der Waals surface area contributed by atoms with Crippen LogP contribution in [-0.2, 0) is 0 Å². The first kappa shape index (κ1) is 16.9. The smallest absolute Gasteiger partial charge is 0.353 e. The quantitative estimate of drug-likeness (QED) is 0.657. The molecule has 0 unspecified atom stereocenters. The monoisotopic (exact) mass is 343 g/mol. The number of aromatic nitrogens is 2. The van der Waals surface area contributed by atoms with Crippen molar-refractivity contribution in [2.24, 2.45) is 5.92 Å². The van der Waals surface area contributed by atoms with E-state index in [0.717, 1.165) is 25.9 Å². The highest BCUT2D eigenvalue weighted by molar-refractivity contribution is 5.74. The van der Waals surface area contributed by atoms with Crippen molar-refractivity contribution in [2.45, 2.75) is 19.8 Å². The van der Waals surface area contributed by atoms with Gasteiger partial charge in [0.15, 0.2) is 0 Å². The van der Waals surface area contributed by atoms with Crippen LogP contribution in [0, 0.1) is 16.0 Å². The Kier molecular flexibility index (Phi) is 4.97. The molecule has 1 N–H and O–H groups in total. The topological polar surface area (TPSA) is 93.4 Å². The van der Waals surface area contributed by atoms with Crippen LogP contribution in [0.25, 0.3) is 0 Å². The number of nitro groups is 1. The molecule has 0 radical (unpaired) electrons. The first-order chi connectivity index (χ1) is 12.1. The third kappa shape index (κ3) is 3.78. The van der Waals surface area contributed by atoms with Crippen molar-refractivity contribution in [3.63, 3.8) is 0 Å². The van der Waals surface area contributed by atoms with Crippen LogP contribution >= 0.6 is 0 Å². The van der Waals surface area contributed by atoms with Gasteiger partial charge >= 0.3 is 5.69 Å². The summed E-state index contributed by atoms with van der Waals surface area (Å²) in [5, 5.41) is 14.7. The maximum absolute atomic E-state index is 11.7. The molecule has 1 aromatic heterocycles. The lowest BCUT2D eigenvalue weighted by Crippen LogP contribution is -2.34. The van der Waals surface area contributed by atoms with Crippen LogP contribution in [0.3, 0.4) is 0 Å². The average Bonchev–Trinajstić information content (AvgIpc) is 2.62. The van der Waals surface area contributed by atoms with Gasteiger partial charge in [-0.25, -0.2) is 9.97 Å². The molecule has 132 valence electrons. The maximum Gasteiger partial charge on any atom is 0.353 e. The Labute approximate surface area is 146 Å². The summed E-state index contributed by atoms with van der Waals surface area (Å²) in [6.07, 6.45) is 3.36. The molecule has 25 heavy (non-hydrogen) atoms. The zero-order chi connectivity index (χ0) is 17.8. The second kappa shape index (κ2) is 7.33. The van der Waals surface area contributed by atoms with Gasteiger partial charge in [0, 0.05) is 24.8 Å². The summed E-state index contributed by atoms with van der Waals surface area (Å²) < 4.78 is 5.18. The van der Waals surface area contributed by atoms with Gasteiger partial charge in [-0.05, 0) is 30.9 Å². The number of anilines is 3. The van der Waals surface area contributed by atoms with E-state index in [1.165, 1.54) is 6.33 Å². The Hall–Kier alpha value is -2.90. The summed E-state index contributed by atoms with van der Waals surface area (Å²) >= 11 is 0. The zero-order valence-corrected chi connectivity index (χ0v) is 14.3. The van der Waals surface area contributed by atoms with Crippen LogP contribution in [0.15, 0.2) is 30.6 Å². The predicted molar refractivity (Wildman–Crippen MR) is 95.6 cm³/mol. The van der Waals surface area contributed by atoms with E-state index in [0.29, 0.717) is 23.2 Å². The molecule has 8 heteroatoms. The maximum atomic E-state index is 11.7. The lowest BCUT2D eigenvalue weighted by Gasteiger charge is -2.30. The van der Waals surface area contributed by atoms with Crippen molar-refractivity contribution in [1.29, 1.82) is 0 Å². The predicted octanol–water partition coefficient (Wildman–Crippen LogP) is 3.37. The second-order valence-electron chi connectivity index (χ2n) is 6.18. The molecular weight excluding hydrogens is 322 g/mol. The fourth-order valence-corrected chi connectivity index (χ4v) is 2.92. The minimum Gasteiger partial charge on any atom is -0.497 e. The molecule has 0 aliphatic carbocycles. The number of benzene rings is 1. The second-order valence-corrected chi connectivity index (χ2v) is 6.18. The molecule has 0 bridgehead atoms. The lowest BCUT2D eigenvalue weighted by molar-refractivity contribution is -0.383. The van der Waals surface area contributed by atoms with Crippen LogP contribution in [0.2, 0.25) is 0 Å². The van der Waals surface area contributed by atoms with Crippen molar-refractivity contribution < 1.29 is 9.66 Å². The molecular formula is C17H21N5O3. The Morgan fingerprint density at radius 1 is 1.32 bits per heavy atom. The van der Waals surface area contributed by atoms with Crippen LogP contribution in [0.4, 0.5) is 23.0 Å². The highest BCUT2D eigenvalue weighted by Gasteiger charge is 2.29. The zero-order valence-electron chi connectivity index (χ0n) is 14.3.